The molecule has 184 valence electrons. The number of rotatable bonds is 3. The predicted octanol–water partition coefficient (Wildman–Crippen LogP) is 5.15. The van der Waals surface area contributed by atoms with Gasteiger partial charge in [0.1, 0.15) is 14.1 Å². The topological polar surface area (TPSA) is 65.1 Å². The molecule has 5 nitrogen and oxygen atoms in total. The second kappa shape index (κ2) is 10.1. The van der Waals surface area contributed by atoms with Crippen molar-refractivity contribution >= 4 is 15.8 Å². The van der Waals surface area contributed by atoms with Crippen molar-refractivity contribution in [2.45, 2.75) is 31.7 Å². The van der Waals surface area contributed by atoms with Gasteiger partial charge in [0.05, 0.1) is 11.3 Å². The van der Waals surface area contributed by atoms with Gasteiger partial charge in [0, 0.05) is 18.8 Å². The molecule has 1 heterocycles. The maximum absolute atomic E-state index is 10.7. The number of hydrogen-bond donors (Lipinski definition) is 0. The fourth-order valence-electron chi connectivity index (χ4n) is 3.76. The number of alkyl halides is 3. The zero-order valence-corrected chi connectivity index (χ0v) is 20.8. The van der Waals surface area contributed by atoms with Crippen LogP contribution in [0.15, 0.2) is 66.9 Å². The summed E-state index contributed by atoms with van der Waals surface area (Å²) < 4.78 is 63.4. The van der Waals surface area contributed by atoms with Gasteiger partial charge in [-0.05, 0) is 28.7 Å². The highest BCUT2D eigenvalue weighted by Crippen LogP contribution is 2.37. The van der Waals surface area contributed by atoms with E-state index < -0.39 is 15.6 Å². The molecule has 9 heteroatoms. The van der Waals surface area contributed by atoms with Crippen molar-refractivity contribution in [3.8, 4) is 11.3 Å². The van der Waals surface area contributed by atoms with Gasteiger partial charge in [0.2, 0.25) is 5.71 Å². The summed E-state index contributed by atoms with van der Waals surface area (Å²) in [6, 6.07) is 21.4. The third-order valence-corrected chi connectivity index (χ3v) is 5.58. The molecule has 0 amide bonds. The maximum atomic E-state index is 10.7. The molecule has 0 atom stereocenters. The molecular formula is C25H29F3N2O3S. The minimum Gasteiger partial charge on any atom is -0.741 e. The fourth-order valence-corrected chi connectivity index (χ4v) is 3.76. The fraction of sp³-hybridized carbons (Fsp3) is 0.320. The van der Waals surface area contributed by atoms with Crippen LogP contribution in [0.3, 0.4) is 0 Å². The lowest BCUT2D eigenvalue weighted by atomic mass is 9.81. The van der Waals surface area contributed by atoms with Crippen LogP contribution in [-0.4, -0.2) is 47.4 Å². The third-order valence-electron chi connectivity index (χ3n) is 5.01. The Morgan fingerprint density at radius 2 is 1.35 bits per heavy atom. The first kappa shape index (κ1) is 27.3. The minimum absolute atomic E-state index is 0.0256. The van der Waals surface area contributed by atoms with Crippen LogP contribution < -0.4 is 0 Å². The molecule has 34 heavy (non-hydrogen) atoms. The van der Waals surface area contributed by atoms with Crippen molar-refractivity contribution in [3.63, 3.8) is 0 Å². The van der Waals surface area contributed by atoms with Gasteiger partial charge in [-0.3, -0.25) is 0 Å². The molecule has 0 N–H and O–H groups in total. The van der Waals surface area contributed by atoms with Crippen molar-refractivity contribution in [2.75, 3.05) is 14.1 Å². The van der Waals surface area contributed by atoms with Crippen molar-refractivity contribution in [2.24, 2.45) is 7.05 Å². The number of aromatic nitrogens is 1. The van der Waals surface area contributed by atoms with E-state index in [0.717, 1.165) is 0 Å². The van der Waals surface area contributed by atoms with E-state index in [2.05, 4.69) is 118 Å². The Bertz CT molecular complexity index is 1250. The van der Waals surface area contributed by atoms with Crippen LogP contribution in [0.5, 0.6) is 0 Å². The van der Waals surface area contributed by atoms with Gasteiger partial charge in [-0.25, -0.2) is 13.0 Å². The number of nitrogens with zero attached hydrogens (tertiary/aromatic N) is 2. The molecule has 0 fully saturated rings. The summed E-state index contributed by atoms with van der Waals surface area (Å²) in [6.07, 6.45) is 2.28. The molecule has 0 radical (unpaired) electrons. The highest BCUT2D eigenvalue weighted by Gasteiger charge is 2.37. The van der Waals surface area contributed by atoms with E-state index in [4.69, 9.17) is 13.0 Å². The first-order chi connectivity index (χ1) is 15.6. The molecule has 0 spiro atoms. The van der Waals surface area contributed by atoms with Gasteiger partial charge in [0.15, 0.2) is 10.1 Å². The Hall–Kier alpha value is -2.91. The van der Waals surface area contributed by atoms with Crippen LogP contribution in [0.25, 0.3) is 11.3 Å². The Labute approximate surface area is 198 Å². The van der Waals surface area contributed by atoms with Crippen LogP contribution in [-0.2, 0) is 22.6 Å². The molecule has 3 aromatic rings. The summed E-state index contributed by atoms with van der Waals surface area (Å²) in [4.78, 5) is 0. The molecule has 0 saturated carbocycles. The van der Waals surface area contributed by atoms with E-state index in [-0.39, 0.29) is 5.41 Å². The summed E-state index contributed by atoms with van der Waals surface area (Å²) in [5.41, 5.74) is 2.13. The van der Waals surface area contributed by atoms with Crippen LogP contribution >= 0.6 is 0 Å². The Morgan fingerprint density at radius 1 is 0.912 bits per heavy atom. The zero-order chi connectivity index (χ0) is 25.9. The Kier molecular flexibility index (Phi) is 8.16. The number of hydrogen-bond acceptors (Lipinski definition) is 3. The number of benzene rings is 2. The molecule has 0 bridgehead atoms. The van der Waals surface area contributed by atoms with Crippen LogP contribution in [0, 0.1) is 0 Å². The lowest BCUT2D eigenvalue weighted by Gasteiger charge is -2.23. The normalized spacial score (nSPS) is 12.1. The average molecular weight is 495 g/mol. The number of aryl methyl sites for hydroxylation is 1. The second-order valence-electron chi connectivity index (χ2n) is 9.00. The zero-order valence-electron chi connectivity index (χ0n) is 20.0. The molecule has 0 aliphatic rings. The van der Waals surface area contributed by atoms with Gasteiger partial charge in [-0.2, -0.15) is 13.2 Å². The minimum atomic E-state index is -6.09. The molecule has 1 aromatic heterocycles. The lowest BCUT2D eigenvalue weighted by Crippen LogP contribution is -2.22. The van der Waals surface area contributed by atoms with Gasteiger partial charge in [-0.1, -0.05) is 69.3 Å². The highest BCUT2D eigenvalue weighted by atomic mass is 32.2. The third kappa shape index (κ3) is 6.36. The SMILES string of the molecule is Cn1cc(C(c2ccccc2)=[N+](C)C)c(C(C)(C)C)c1-c1ccccc1.O=S(=O)([O-])C(F)(F)F. The smallest absolute Gasteiger partial charge is 0.485 e. The van der Waals surface area contributed by atoms with Crippen molar-refractivity contribution in [3.05, 3.63) is 83.6 Å². The summed E-state index contributed by atoms with van der Waals surface area (Å²) in [5, 5.41) is 0. The van der Waals surface area contributed by atoms with E-state index in [9.17, 15) is 13.2 Å². The van der Waals surface area contributed by atoms with Crippen molar-refractivity contribution < 1.29 is 30.7 Å². The van der Waals surface area contributed by atoms with Crippen LogP contribution in [0.1, 0.15) is 37.5 Å². The highest BCUT2D eigenvalue weighted by molar-refractivity contribution is 7.86. The van der Waals surface area contributed by atoms with Crippen LogP contribution in [0.4, 0.5) is 13.2 Å². The molecule has 0 aliphatic heterocycles. The van der Waals surface area contributed by atoms with E-state index >= 15 is 0 Å². The average Bonchev–Trinajstić information content (AvgIpc) is 3.05. The van der Waals surface area contributed by atoms with Gasteiger partial charge in [-0.15, -0.1) is 0 Å². The molecule has 3 rings (SSSR count). The molecule has 2 aromatic carbocycles. The van der Waals surface area contributed by atoms with E-state index in [1.807, 2.05) is 0 Å². The van der Waals surface area contributed by atoms with Crippen LogP contribution in [0.2, 0.25) is 0 Å². The quantitative estimate of drug-likeness (QED) is 0.219. The van der Waals surface area contributed by atoms with Crippen molar-refractivity contribution in [1.29, 1.82) is 0 Å². The monoisotopic (exact) mass is 494 g/mol. The van der Waals surface area contributed by atoms with Crippen molar-refractivity contribution in [1.82, 2.24) is 4.57 Å². The van der Waals surface area contributed by atoms with Gasteiger partial charge >= 0.3 is 5.51 Å². The van der Waals surface area contributed by atoms with E-state index in [1.54, 1.807) is 0 Å². The summed E-state index contributed by atoms with van der Waals surface area (Å²) in [6.45, 7) is 6.91. The second-order valence-corrected chi connectivity index (χ2v) is 10.4. The van der Waals surface area contributed by atoms with Gasteiger partial charge < -0.3 is 9.12 Å². The Morgan fingerprint density at radius 3 is 1.74 bits per heavy atom. The summed E-state index contributed by atoms with van der Waals surface area (Å²) in [7, 11) is 0.320. The predicted molar refractivity (Wildman–Crippen MR) is 127 cm³/mol. The maximum Gasteiger partial charge on any atom is 0.485 e. The lowest BCUT2D eigenvalue weighted by molar-refractivity contribution is -0.463. The number of halogens is 3. The Balaban J connectivity index is 0.000000440. The first-order valence-electron chi connectivity index (χ1n) is 10.4. The van der Waals surface area contributed by atoms with Gasteiger partial charge in [0.25, 0.3) is 0 Å². The first-order valence-corrected chi connectivity index (χ1v) is 11.8. The largest absolute Gasteiger partial charge is 0.741 e. The molecular weight excluding hydrogens is 465 g/mol. The molecule has 0 aliphatic carbocycles. The molecule has 0 saturated heterocycles. The standard InChI is InChI=1S/C24H29N2.CHF3O3S/c1-24(2,3)21-20(22(25(4)5)18-13-9-7-10-14-18)17-26(6)23(21)19-15-11-8-12-16-19;2-1(3,4)8(5,6)7/h7-17H,1-6H3;(H,5,6,7)/q+1;/p-1. The summed E-state index contributed by atoms with van der Waals surface area (Å²) >= 11 is 0. The summed E-state index contributed by atoms with van der Waals surface area (Å²) in [5.74, 6) is 0. The van der Waals surface area contributed by atoms with E-state index in [1.165, 1.54) is 33.7 Å². The van der Waals surface area contributed by atoms with E-state index in [0.29, 0.717) is 0 Å². The molecule has 0 unspecified atom stereocenters.